The fourth-order valence-electron chi connectivity index (χ4n) is 5.80. The van der Waals surface area contributed by atoms with Gasteiger partial charge in [-0.3, -0.25) is 23.4 Å². The van der Waals surface area contributed by atoms with Crippen LogP contribution in [0, 0.1) is 0 Å². The number of nitrogens with two attached hydrogens (primary N) is 1. The second-order valence-electron chi connectivity index (χ2n) is 14.5. The lowest BCUT2D eigenvalue weighted by Gasteiger charge is -2.20. The fraction of sp³-hybridized carbons (Fsp3) is 0.833. The molecule has 0 aromatic heterocycles. The minimum atomic E-state index is -4.71. The third kappa shape index (κ3) is 36.9. The summed E-state index contributed by atoms with van der Waals surface area (Å²) in [6, 6.07) is -1.52. The molecule has 11 nitrogen and oxygen atoms in total. The number of hydrogen-bond acceptors (Lipinski definition) is 9. The van der Waals surface area contributed by atoms with Gasteiger partial charge in [-0.1, -0.05) is 160 Å². The van der Waals surface area contributed by atoms with Gasteiger partial charge in [-0.2, -0.15) is 0 Å². The molecule has 54 heavy (non-hydrogen) atoms. The van der Waals surface area contributed by atoms with Gasteiger partial charge in [0.1, 0.15) is 12.6 Å². The zero-order valence-corrected chi connectivity index (χ0v) is 35.0. The number of carbonyl (C=O) groups is 3. The molecule has 12 heteroatoms. The number of unbranched alkanes of at least 4 members (excludes halogenated alkanes) is 22. The zero-order chi connectivity index (χ0) is 40.0. The number of rotatable bonds is 40. The summed E-state index contributed by atoms with van der Waals surface area (Å²) in [6.45, 7) is 2.77. The average molecular weight is 788 g/mol. The molecule has 0 aliphatic carbocycles. The maximum atomic E-state index is 12.6. The van der Waals surface area contributed by atoms with Crippen LogP contribution in [0.4, 0.5) is 0 Å². The smallest absolute Gasteiger partial charge is 0.472 e. The lowest BCUT2D eigenvalue weighted by atomic mass is 10.0. The van der Waals surface area contributed by atoms with E-state index in [0.717, 1.165) is 51.4 Å². The first-order valence-corrected chi connectivity index (χ1v) is 22.9. The van der Waals surface area contributed by atoms with Crippen molar-refractivity contribution in [2.45, 2.75) is 206 Å². The molecule has 316 valence electrons. The monoisotopic (exact) mass is 788 g/mol. The van der Waals surface area contributed by atoms with E-state index in [1.54, 1.807) is 0 Å². The van der Waals surface area contributed by atoms with Gasteiger partial charge in [0.25, 0.3) is 0 Å². The van der Waals surface area contributed by atoms with E-state index in [2.05, 4.69) is 42.7 Å². The van der Waals surface area contributed by atoms with Crippen LogP contribution in [-0.2, 0) is 37.5 Å². The molecule has 0 heterocycles. The number of carbonyl (C=O) groups excluding carboxylic acids is 2. The van der Waals surface area contributed by atoms with E-state index in [4.69, 9.17) is 24.8 Å². The first-order valence-electron chi connectivity index (χ1n) is 21.4. The van der Waals surface area contributed by atoms with Crippen molar-refractivity contribution in [3.05, 3.63) is 24.3 Å². The number of ether oxygens (including phenoxy) is 2. The van der Waals surface area contributed by atoms with Crippen molar-refractivity contribution >= 4 is 25.7 Å². The number of hydrogen-bond donors (Lipinski definition) is 3. The maximum absolute atomic E-state index is 12.6. The minimum Gasteiger partial charge on any atom is -0.480 e. The highest BCUT2D eigenvalue weighted by molar-refractivity contribution is 7.47. The number of aliphatic carboxylic acids is 1. The SMILES string of the molecule is CCCCC/C=C/C/C=C/CCCCCCCCCC(=O)OC[C@H](COP(=O)(O)OC[C@H](N)C(=O)O)OC(=O)CCCCCCCCCCCCCCC. The van der Waals surface area contributed by atoms with Crippen molar-refractivity contribution in [2.24, 2.45) is 5.73 Å². The van der Waals surface area contributed by atoms with Gasteiger partial charge in [0.05, 0.1) is 13.2 Å². The standard InChI is InChI=1S/C42H78NO10P/c1-3-5-7-9-11-13-15-17-18-19-20-22-23-25-27-29-31-33-40(44)50-35-38(36-51-54(48,49)52-37-39(43)42(46)47)53-41(45)34-32-30-28-26-24-21-16-14-12-10-8-6-4-2/h11,13,17-18,38-39H,3-10,12,14-16,19-37,43H2,1-2H3,(H,46,47)(H,48,49)/b13-11+,18-17+/t38-,39+/m1/s1. The van der Waals surface area contributed by atoms with Crippen LogP contribution < -0.4 is 5.73 Å². The average Bonchev–Trinajstić information content (AvgIpc) is 3.14. The number of phosphoric acid groups is 1. The van der Waals surface area contributed by atoms with Crippen molar-refractivity contribution in [1.82, 2.24) is 0 Å². The van der Waals surface area contributed by atoms with Gasteiger partial charge in [-0.05, 0) is 44.9 Å². The second-order valence-corrected chi connectivity index (χ2v) is 15.9. The first-order chi connectivity index (χ1) is 26.1. The third-order valence-electron chi connectivity index (χ3n) is 9.20. The van der Waals surface area contributed by atoms with Crippen molar-refractivity contribution in [2.75, 3.05) is 19.8 Å². The molecule has 4 N–H and O–H groups in total. The maximum Gasteiger partial charge on any atom is 0.472 e. The molecular weight excluding hydrogens is 709 g/mol. The molecule has 0 radical (unpaired) electrons. The highest BCUT2D eigenvalue weighted by Gasteiger charge is 2.28. The Labute approximate surface area is 328 Å². The predicted molar refractivity (Wildman–Crippen MR) is 217 cm³/mol. The molecule has 0 spiro atoms. The van der Waals surface area contributed by atoms with Crippen LogP contribution in [0.5, 0.6) is 0 Å². The molecule has 0 rings (SSSR count). The van der Waals surface area contributed by atoms with Crippen LogP contribution in [0.25, 0.3) is 0 Å². The van der Waals surface area contributed by atoms with E-state index < -0.39 is 51.1 Å². The highest BCUT2D eigenvalue weighted by Crippen LogP contribution is 2.43. The van der Waals surface area contributed by atoms with Gasteiger partial charge in [0.15, 0.2) is 6.10 Å². The van der Waals surface area contributed by atoms with Crippen molar-refractivity contribution in [3.63, 3.8) is 0 Å². The normalized spacial score (nSPS) is 14.0. The van der Waals surface area contributed by atoms with Crippen LogP contribution in [0.2, 0.25) is 0 Å². The minimum absolute atomic E-state index is 0.163. The Morgan fingerprint density at radius 2 is 0.981 bits per heavy atom. The van der Waals surface area contributed by atoms with Gasteiger partial charge in [-0.25, -0.2) is 4.57 Å². The molecule has 0 aromatic carbocycles. The molecule has 0 fully saturated rings. The summed E-state index contributed by atoms with van der Waals surface area (Å²) in [5.41, 5.74) is 5.33. The molecular formula is C42H78NO10P. The molecule has 1 unspecified atom stereocenters. The summed E-state index contributed by atoms with van der Waals surface area (Å²) in [4.78, 5) is 45.9. The second kappa shape index (κ2) is 37.9. The van der Waals surface area contributed by atoms with E-state index in [0.29, 0.717) is 12.8 Å². The molecule has 0 saturated carbocycles. The first kappa shape index (κ1) is 52.0. The highest BCUT2D eigenvalue weighted by atomic mass is 31.2. The van der Waals surface area contributed by atoms with Gasteiger partial charge in [0, 0.05) is 12.8 Å². The Bertz CT molecular complexity index is 1020. The van der Waals surface area contributed by atoms with Crippen LogP contribution >= 0.6 is 7.82 Å². The van der Waals surface area contributed by atoms with Gasteiger partial charge in [0.2, 0.25) is 0 Å². The number of carboxylic acid groups (broad SMARTS) is 1. The molecule has 0 aliphatic heterocycles. The topological polar surface area (TPSA) is 172 Å². The van der Waals surface area contributed by atoms with Gasteiger partial charge >= 0.3 is 25.7 Å². The lowest BCUT2D eigenvalue weighted by Crippen LogP contribution is -2.34. The number of phosphoric ester groups is 1. The van der Waals surface area contributed by atoms with E-state index in [1.807, 2.05) is 0 Å². The molecule has 0 aliphatic rings. The summed E-state index contributed by atoms with van der Waals surface area (Å²) >= 11 is 0. The number of carboxylic acids is 1. The molecule has 0 saturated heterocycles. The van der Waals surface area contributed by atoms with Gasteiger partial charge in [-0.15, -0.1) is 0 Å². The van der Waals surface area contributed by atoms with Crippen molar-refractivity contribution in [3.8, 4) is 0 Å². The van der Waals surface area contributed by atoms with Crippen LogP contribution in [0.3, 0.4) is 0 Å². The molecule has 3 atom stereocenters. The largest absolute Gasteiger partial charge is 0.480 e. The van der Waals surface area contributed by atoms with E-state index in [1.165, 1.54) is 103 Å². The Hall–Kier alpha value is -2.04. The van der Waals surface area contributed by atoms with E-state index >= 15 is 0 Å². The zero-order valence-electron chi connectivity index (χ0n) is 34.1. The Kier molecular flexibility index (Phi) is 36.4. The Balaban J connectivity index is 4.36. The number of esters is 2. The summed E-state index contributed by atoms with van der Waals surface area (Å²) < 4.78 is 32.7. The Morgan fingerprint density at radius 3 is 1.48 bits per heavy atom. The van der Waals surface area contributed by atoms with E-state index in [9.17, 15) is 23.8 Å². The summed E-state index contributed by atoms with van der Waals surface area (Å²) in [6.07, 6.45) is 38.1. The lowest BCUT2D eigenvalue weighted by molar-refractivity contribution is -0.161. The summed E-state index contributed by atoms with van der Waals surface area (Å²) in [7, 11) is -4.71. The third-order valence-corrected chi connectivity index (χ3v) is 10.2. The van der Waals surface area contributed by atoms with Gasteiger partial charge < -0.3 is 25.2 Å². The number of allylic oxidation sites excluding steroid dienone is 4. The van der Waals surface area contributed by atoms with Crippen LogP contribution in [-0.4, -0.2) is 59.9 Å². The van der Waals surface area contributed by atoms with Crippen LogP contribution in [0.15, 0.2) is 24.3 Å². The van der Waals surface area contributed by atoms with Crippen molar-refractivity contribution in [1.29, 1.82) is 0 Å². The predicted octanol–water partition coefficient (Wildman–Crippen LogP) is 11.1. The summed E-state index contributed by atoms with van der Waals surface area (Å²) in [5, 5.41) is 8.88. The Morgan fingerprint density at radius 1 is 0.574 bits per heavy atom. The van der Waals surface area contributed by atoms with Crippen molar-refractivity contribution < 1.29 is 47.5 Å². The van der Waals surface area contributed by atoms with Crippen LogP contribution in [0.1, 0.15) is 194 Å². The molecule has 0 bridgehead atoms. The quantitative estimate of drug-likeness (QED) is 0.0233. The molecule has 0 amide bonds. The van der Waals surface area contributed by atoms with E-state index in [-0.39, 0.29) is 19.4 Å². The molecule has 0 aromatic rings. The fourth-order valence-corrected chi connectivity index (χ4v) is 6.58. The summed E-state index contributed by atoms with van der Waals surface area (Å²) in [5.74, 6) is -2.38.